The number of halogens is 1. The van der Waals surface area contributed by atoms with Gasteiger partial charge < -0.3 is 10.0 Å². The van der Waals surface area contributed by atoms with E-state index in [9.17, 15) is 19.7 Å². The molecule has 1 amide bonds. The number of nitrogens with zero attached hydrogens (tertiary/aromatic N) is 2. The average molecular weight is 357 g/mol. The fourth-order valence-corrected chi connectivity index (χ4v) is 2.92. The molecule has 0 aromatic heterocycles. The van der Waals surface area contributed by atoms with Gasteiger partial charge in [0.15, 0.2) is 0 Å². The standard InChI is InChI=1S/C13H13BrN2O5/c1-7-9(13(18)19)4-5-15(7)12(17)10-6-8(16(20)21)2-3-11(10)14/h2-3,6-7,9H,4-5H2,1H3,(H,18,19). The average Bonchev–Trinajstić information content (AvgIpc) is 2.80. The minimum atomic E-state index is -0.934. The van der Waals surface area contributed by atoms with Crippen LogP contribution in [0.15, 0.2) is 22.7 Å². The molecule has 1 N–H and O–H groups in total. The second-order valence-electron chi connectivity index (χ2n) is 4.89. The van der Waals surface area contributed by atoms with E-state index >= 15 is 0 Å². The molecule has 21 heavy (non-hydrogen) atoms. The van der Waals surface area contributed by atoms with Gasteiger partial charge in [0.05, 0.1) is 16.4 Å². The Morgan fingerprint density at radius 2 is 2.14 bits per heavy atom. The number of aliphatic carboxylic acids is 1. The van der Waals surface area contributed by atoms with E-state index in [2.05, 4.69) is 15.9 Å². The van der Waals surface area contributed by atoms with Crippen molar-refractivity contribution in [3.63, 3.8) is 0 Å². The number of carboxylic acids is 1. The van der Waals surface area contributed by atoms with Gasteiger partial charge in [-0.15, -0.1) is 0 Å². The summed E-state index contributed by atoms with van der Waals surface area (Å²) in [5.74, 6) is -1.94. The fourth-order valence-electron chi connectivity index (χ4n) is 2.50. The molecule has 1 fully saturated rings. The van der Waals surface area contributed by atoms with Crippen molar-refractivity contribution in [2.45, 2.75) is 19.4 Å². The lowest BCUT2D eigenvalue weighted by molar-refractivity contribution is -0.384. The van der Waals surface area contributed by atoms with Crippen LogP contribution < -0.4 is 0 Å². The van der Waals surface area contributed by atoms with Gasteiger partial charge in [-0.2, -0.15) is 0 Å². The number of nitro groups is 1. The molecule has 112 valence electrons. The normalized spacial score (nSPS) is 21.3. The van der Waals surface area contributed by atoms with E-state index in [0.29, 0.717) is 17.4 Å². The van der Waals surface area contributed by atoms with Crippen LogP contribution in [0.5, 0.6) is 0 Å². The van der Waals surface area contributed by atoms with Crippen molar-refractivity contribution >= 4 is 33.5 Å². The molecule has 1 aliphatic heterocycles. The van der Waals surface area contributed by atoms with Crippen LogP contribution >= 0.6 is 15.9 Å². The van der Waals surface area contributed by atoms with Crippen molar-refractivity contribution in [1.29, 1.82) is 0 Å². The van der Waals surface area contributed by atoms with E-state index in [1.807, 2.05) is 0 Å². The van der Waals surface area contributed by atoms with Crippen molar-refractivity contribution in [3.8, 4) is 0 Å². The predicted molar refractivity (Wildman–Crippen MR) is 77.0 cm³/mol. The molecule has 1 aromatic rings. The Balaban J connectivity index is 2.31. The van der Waals surface area contributed by atoms with Crippen LogP contribution in [-0.4, -0.2) is 39.4 Å². The van der Waals surface area contributed by atoms with Crippen molar-refractivity contribution < 1.29 is 19.6 Å². The summed E-state index contributed by atoms with van der Waals surface area (Å²) in [6.45, 7) is 2.00. The zero-order chi connectivity index (χ0) is 15.7. The molecular weight excluding hydrogens is 344 g/mol. The number of amides is 1. The number of carbonyl (C=O) groups is 2. The number of non-ortho nitro benzene ring substituents is 1. The first kappa shape index (κ1) is 15.4. The minimum Gasteiger partial charge on any atom is -0.481 e. The largest absolute Gasteiger partial charge is 0.481 e. The number of carbonyl (C=O) groups excluding carboxylic acids is 1. The van der Waals surface area contributed by atoms with Gasteiger partial charge in [0.2, 0.25) is 0 Å². The molecule has 0 saturated carbocycles. The smallest absolute Gasteiger partial charge is 0.308 e. The van der Waals surface area contributed by atoms with E-state index in [4.69, 9.17) is 5.11 Å². The van der Waals surface area contributed by atoms with Crippen LogP contribution in [0, 0.1) is 16.0 Å². The third-order valence-corrected chi connectivity index (χ3v) is 4.42. The summed E-state index contributed by atoms with van der Waals surface area (Å²) in [5.41, 5.74) is -0.00901. The minimum absolute atomic E-state index is 0.169. The molecule has 1 aliphatic rings. The van der Waals surface area contributed by atoms with Crippen LogP contribution in [0.25, 0.3) is 0 Å². The lowest BCUT2D eigenvalue weighted by atomic mass is 10.0. The number of nitro benzene ring substituents is 1. The van der Waals surface area contributed by atoms with Crippen molar-refractivity contribution in [2.75, 3.05) is 6.54 Å². The second-order valence-corrected chi connectivity index (χ2v) is 5.75. The van der Waals surface area contributed by atoms with E-state index in [0.717, 1.165) is 0 Å². The summed E-state index contributed by atoms with van der Waals surface area (Å²) in [6, 6.07) is 3.50. The highest BCUT2D eigenvalue weighted by atomic mass is 79.9. The van der Waals surface area contributed by atoms with Crippen LogP contribution in [0.4, 0.5) is 5.69 Å². The first-order chi connectivity index (χ1) is 9.82. The van der Waals surface area contributed by atoms with Crippen LogP contribution in [0.3, 0.4) is 0 Å². The number of carboxylic acid groups (broad SMARTS) is 1. The highest BCUT2D eigenvalue weighted by molar-refractivity contribution is 9.10. The maximum atomic E-state index is 12.5. The zero-order valence-corrected chi connectivity index (χ0v) is 12.7. The van der Waals surface area contributed by atoms with Gasteiger partial charge in [0.1, 0.15) is 0 Å². The van der Waals surface area contributed by atoms with Crippen LogP contribution in [-0.2, 0) is 4.79 Å². The molecule has 2 atom stereocenters. The second kappa shape index (κ2) is 5.80. The van der Waals surface area contributed by atoms with E-state index in [1.165, 1.54) is 23.1 Å². The van der Waals surface area contributed by atoms with E-state index in [-0.39, 0.29) is 11.3 Å². The van der Waals surface area contributed by atoms with Gasteiger partial charge in [-0.05, 0) is 35.3 Å². The first-order valence-corrected chi connectivity index (χ1v) is 7.10. The predicted octanol–water partition coefficient (Wildman–Crippen LogP) is 2.29. The van der Waals surface area contributed by atoms with E-state index < -0.39 is 28.8 Å². The molecule has 0 aliphatic carbocycles. The quantitative estimate of drug-likeness (QED) is 0.661. The molecular formula is C13H13BrN2O5. The van der Waals surface area contributed by atoms with Gasteiger partial charge in [0, 0.05) is 29.2 Å². The molecule has 1 aromatic carbocycles. The molecule has 1 saturated heterocycles. The van der Waals surface area contributed by atoms with Gasteiger partial charge >= 0.3 is 5.97 Å². The van der Waals surface area contributed by atoms with Gasteiger partial charge in [-0.1, -0.05) is 0 Å². The van der Waals surface area contributed by atoms with Crippen molar-refractivity contribution in [2.24, 2.45) is 5.92 Å². The van der Waals surface area contributed by atoms with Crippen LogP contribution in [0.1, 0.15) is 23.7 Å². The Morgan fingerprint density at radius 1 is 1.48 bits per heavy atom. The Kier molecular flexibility index (Phi) is 4.26. The lowest BCUT2D eigenvalue weighted by Crippen LogP contribution is -2.37. The first-order valence-electron chi connectivity index (χ1n) is 6.30. The summed E-state index contributed by atoms with van der Waals surface area (Å²) in [5, 5.41) is 19.9. The maximum absolute atomic E-state index is 12.5. The summed E-state index contributed by atoms with van der Waals surface area (Å²) in [7, 11) is 0. The molecule has 2 unspecified atom stereocenters. The summed E-state index contributed by atoms with van der Waals surface area (Å²) >= 11 is 3.20. The fraction of sp³-hybridized carbons (Fsp3) is 0.385. The summed E-state index contributed by atoms with van der Waals surface area (Å²) in [6.07, 6.45) is 0.384. The zero-order valence-electron chi connectivity index (χ0n) is 11.2. The molecule has 0 bridgehead atoms. The third kappa shape index (κ3) is 2.90. The SMILES string of the molecule is CC1C(C(=O)O)CCN1C(=O)c1cc([N+](=O)[O-])ccc1Br. The molecule has 1 heterocycles. The van der Waals surface area contributed by atoms with Crippen LogP contribution in [0.2, 0.25) is 0 Å². The lowest BCUT2D eigenvalue weighted by Gasteiger charge is -2.23. The highest BCUT2D eigenvalue weighted by Crippen LogP contribution is 2.29. The summed E-state index contributed by atoms with van der Waals surface area (Å²) in [4.78, 5) is 35.3. The van der Waals surface area contributed by atoms with Crippen molar-refractivity contribution in [1.82, 2.24) is 4.90 Å². The Labute approximate surface area is 128 Å². The molecule has 2 rings (SSSR count). The third-order valence-electron chi connectivity index (χ3n) is 3.72. The topological polar surface area (TPSA) is 101 Å². The maximum Gasteiger partial charge on any atom is 0.308 e. The van der Waals surface area contributed by atoms with Gasteiger partial charge in [-0.3, -0.25) is 19.7 Å². The molecule has 7 nitrogen and oxygen atoms in total. The molecule has 0 spiro atoms. The summed E-state index contributed by atoms with van der Waals surface area (Å²) < 4.78 is 0.448. The number of hydrogen-bond donors (Lipinski definition) is 1. The Hall–Kier alpha value is -1.96. The Bertz CT molecular complexity index is 619. The monoisotopic (exact) mass is 356 g/mol. The highest BCUT2D eigenvalue weighted by Gasteiger charge is 2.39. The number of rotatable bonds is 3. The van der Waals surface area contributed by atoms with E-state index in [1.54, 1.807) is 6.92 Å². The number of likely N-dealkylation sites (tertiary alicyclic amines) is 1. The number of benzene rings is 1. The molecule has 0 radical (unpaired) electrons. The molecule has 8 heteroatoms. The van der Waals surface area contributed by atoms with Gasteiger partial charge in [0.25, 0.3) is 11.6 Å². The van der Waals surface area contributed by atoms with Crippen molar-refractivity contribution in [3.05, 3.63) is 38.3 Å². The number of hydrogen-bond acceptors (Lipinski definition) is 4. The Morgan fingerprint density at radius 3 is 2.67 bits per heavy atom. The van der Waals surface area contributed by atoms with Gasteiger partial charge in [-0.25, -0.2) is 0 Å².